The SMILES string of the molecule is CCCNC(CCC)CCCc1ccc(I)cc1. The van der Waals surface area contributed by atoms with Crippen LogP contribution in [0.4, 0.5) is 0 Å². The van der Waals surface area contributed by atoms with Crippen molar-refractivity contribution in [1.29, 1.82) is 0 Å². The Kier molecular flexibility index (Phi) is 8.68. The molecular formula is C16H26IN. The van der Waals surface area contributed by atoms with Gasteiger partial charge < -0.3 is 5.32 Å². The van der Waals surface area contributed by atoms with Crippen LogP contribution in [0.1, 0.15) is 51.5 Å². The third-order valence-electron chi connectivity index (χ3n) is 3.25. The van der Waals surface area contributed by atoms with Crippen molar-refractivity contribution in [2.75, 3.05) is 6.54 Å². The van der Waals surface area contributed by atoms with Crippen LogP contribution in [0.2, 0.25) is 0 Å². The molecule has 102 valence electrons. The van der Waals surface area contributed by atoms with E-state index in [1.807, 2.05) is 0 Å². The van der Waals surface area contributed by atoms with Gasteiger partial charge in [-0.1, -0.05) is 32.4 Å². The van der Waals surface area contributed by atoms with E-state index in [-0.39, 0.29) is 0 Å². The summed E-state index contributed by atoms with van der Waals surface area (Å²) in [6.07, 6.45) is 7.64. The zero-order valence-electron chi connectivity index (χ0n) is 11.7. The minimum atomic E-state index is 0.721. The van der Waals surface area contributed by atoms with E-state index in [2.05, 4.69) is 66.0 Å². The predicted molar refractivity (Wildman–Crippen MR) is 89.1 cm³/mol. The Morgan fingerprint density at radius 1 is 1.06 bits per heavy atom. The van der Waals surface area contributed by atoms with E-state index in [1.54, 1.807) is 0 Å². The van der Waals surface area contributed by atoms with Gasteiger partial charge in [0, 0.05) is 9.61 Å². The van der Waals surface area contributed by atoms with Crippen LogP contribution in [0.5, 0.6) is 0 Å². The molecule has 0 saturated carbocycles. The van der Waals surface area contributed by atoms with Gasteiger partial charge in [-0.05, 0) is 78.9 Å². The van der Waals surface area contributed by atoms with Gasteiger partial charge in [0.1, 0.15) is 0 Å². The maximum Gasteiger partial charge on any atom is 0.0130 e. The van der Waals surface area contributed by atoms with Crippen molar-refractivity contribution in [3.63, 3.8) is 0 Å². The van der Waals surface area contributed by atoms with Crippen LogP contribution in [0, 0.1) is 3.57 Å². The van der Waals surface area contributed by atoms with Crippen LogP contribution in [0.15, 0.2) is 24.3 Å². The molecule has 1 aromatic carbocycles. The summed E-state index contributed by atoms with van der Waals surface area (Å²) < 4.78 is 1.32. The van der Waals surface area contributed by atoms with Crippen LogP contribution < -0.4 is 5.32 Å². The maximum absolute atomic E-state index is 3.66. The van der Waals surface area contributed by atoms with Crippen LogP contribution in [-0.2, 0) is 6.42 Å². The van der Waals surface area contributed by atoms with E-state index in [1.165, 1.54) is 47.7 Å². The lowest BCUT2D eigenvalue weighted by molar-refractivity contribution is 0.438. The molecule has 1 N–H and O–H groups in total. The van der Waals surface area contributed by atoms with Crippen molar-refractivity contribution in [2.45, 2.75) is 58.4 Å². The van der Waals surface area contributed by atoms with Crippen molar-refractivity contribution in [1.82, 2.24) is 5.32 Å². The second kappa shape index (κ2) is 9.79. The van der Waals surface area contributed by atoms with Crippen molar-refractivity contribution in [2.24, 2.45) is 0 Å². The van der Waals surface area contributed by atoms with Gasteiger partial charge in [-0.2, -0.15) is 0 Å². The molecule has 1 atom stereocenters. The number of nitrogens with one attached hydrogen (secondary N) is 1. The van der Waals surface area contributed by atoms with Crippen molar-refractivity contribution in [3.8, 4) is 0 Å². The van der Waals surface area contributed by atoms with Crippen molar-refractivity contribution < 1.29 is 0 Å². The third-order valence-corrected chi connectivity index (χ3v) is 3.97. The smallest absolute Gasteiger partial charge is 0.0130 e. The van der Waals surface area contributed by atoms with Gasteiger partial charge in [0.25, 0.3) is 0 Å². The molecule has 0 aromatic heterocycles. The summed E-state index contributed by atoms with van der Waals surface area (Å²) >= 11 is 2.36. The maximum atomic E-state index is 3.66. The largest absolute Gasteiger partial charge is 0.314 e. The highest BCUT2D eigenvalue weighted by Gasteiger charge is 2.06. The molecule has 18 heavy (non-hydrogen) atoms. The number of hydrogen-bond acceptors (Lipinski definition) is 1. The summed E-state index contributed by atoms with van der Waals surface area (Å²) in [5.41, 5.74) is 1.47. The highest BCUT2D eigenvalue weighted by atomic mass is 127. The minimum Gasteiger partial charge on any atom is -0.314 e. The molecule has 0 aliphatic rings. The van der Waals surface area contributed by atoms with Gasteiger partial charge in [0.2, 0.25) is 0 Å². The fraction of sp³-hybridized carbons (Fsp3) is 0.625. The summed E-state index contributed by atoms with van der Waals surface area (Å²) in [6.45, 7) is 5.68. The van der Waals surface area contributed by atoms with Crippen molar-refractivity contribution in [3.05, 3.63) is 33.4 Å². The number of halogens is 1. The minimum absolute atomic E-state index is 0.721. The van der Waals surface area contributed by atoms with Gasteiger partial charge in [-0.25, -0.2) is 0 Å². The average molecular weight is 359 g/mol. The molecule has 2 heteroatoms. The molecule has 1 rings (SSSR count). The fourth-order valence-electron chi connectivity index (χ4n) is 2.25. The van der Waals surface area contributed by atoms with E-state index in [0.717, 1.165) is 12.6 Å². The zero-order valence-corrected chi connectivity index (χ0v) is 13.9. The molecule has 0 aliphatic carbocycles. The van der Waals surface area contributed by atoms with Gasteiger partial charge >= 0.3 is 0 Å². The highest BCUT2D eigenvalue weighted by Crippen LogP contribution is 2.12. The van der Waals surface area contributed by atoms with Gasteiger partial charge in [0.15, 0.2) is 0 Å². The van der Waals surface area contributed by atoms with Crippen LogP contribution >= 0.6 is 22.6 Å². The van der Waals surface area contributed by atoms with Gasteiger partial charge in [-0.3, -0.25) is 0 Å². The third kappa shape index (κ3) is 6.74. The first kappa shape index (κ1) is 16.0. The topological polar surface area (TPSA) is 12.0 Å². The zero-order chi connectivity index (χ0) is 13.2. The first-order valence-corrected chi connectivity index (χ1v) is 8.32. The van der Waals surface area contributed by atoms with E-state index < -0.39 is 0 Å². The Morgan fingerprint density at radius 3 is 2.39 bits per heavy atom. The van der Waals surface area contributed by atoms with Crippen molar-refractivity contribution >= 4 is 22.6 Å². The first-order valence-electron chi connectivity index (χ1n) is 7.24. The lowest BCUT2D eigenvalue weighted by atomic mass is 10.0. The Hall–Kier alpha value is -0.0900. The molecule has 0 amide bonds. The van der Waals surface area contributed by atoms with Gasteiger partial charge in [-0.15, -0.1) is 0 Å². The Balaban J connectivity index is 2.26. The Morgan fingerprint density at radius 2 is 1.78 bits per heavy atom. The molecule has 0 radical (unpaired) electrons. The van der Waals surface area contributed by atoms with E-state index in [9.17, 15) is 0 Å². The molecule has 0 bridgehead atoms. The second-order valence-corrected chi connectivity index (χ2v) is 6.20. The summed E-state index contributed by atoms with van der Waals surface area (Å²) in [4.78, 5) is 0. The van der Waals surface area contributed by atoms with E-state index >= 15 is 0 Å². The summed E-state index contributed by atoms with van der Waals surface area (Å²) in [5.74, 6) is 0. The molecule has 0 aliphatic heterocycles. The number of benzene rings is 1. The molecular weight excluding hydrogens is 333 g/mol. The van der Waals surface area contributed by atoms with E-state index in [4.69, 9.17) is 0 Å². The van der Waals surface area contributed by atoms with E-state index in [0.29, 0.717) is 0 Å². The normalized spacial score (nSPS) is 12.6. The lowest BCUT2D eigenvalue weighted by Crippen LogP contribution is -2.29. The Labute approximate surface area is 126 Å². The lowest BCUT2D eigenvalue weighted by Gasteiger charge is -2.17. The summed E-state index contributed by atoms with van der Waals surface area (Å²) in [7, 11) is 0. The molecule has 0 spiro atoms. The molecule has 1 unspecified atom stereocenters. The molecule has 1 nitrogen and oxygen atoms in total. The monoisotopic (exact) mass is 359 g/mol. The van der Waals surface area contributed by atoms with Crippen LogP contribution in [-0.4, -0.2) is 12.6 Å². The molecule has 1 aromatic rings. The summed E-state index contributed by atoms with van der Waals surface area (Å²) in [5, 5.41) is 3.66. The molecule has 0 fully saturated rings. The molecule has 0 saturated heterocycles. The first-order chi connectivity index (χ1) is 8.76. The van der Waals surface area contributed by atoms with Crippen LogP contribution in [0.25, 0.3) is 0 Å². The Bertz CT molecular complexity index is 307. The quantitative estimate of drug-likeness (QED) is 0.626. The average Bonchev–Trinajstić information content (AvgIpc) is 2.38. The van der Waals surface area contributed by atoms with Gasteiger partial charge in [0.05, 0.1) is 0 Å². The predicted octanol–water partition coefficient (Wildman–Crippen LogP) is 4.78. The number of aryl methyl sites for hydroxylation is 1. The van der Waals surface area contributed by atoms with Crippen LogP contribution in [0.3, 0.4) is 0 Å². The highest BCUT2D eigenvalue weighted by molar-refractivity contribution is 14.1. The standard InChI is InChI=1S/C16H26IN/c1-3-6-16(18-13-4-2)8-5-7-14-9-11-15(17)12-10-14/h9-12,16,18H,3-8,13H2,1-2H3. The number of rotatable bonds is 9. The molecule has 0 heterocycles. The second-order valence-electron chi connectivity index (χ2n) is 4.96. The fourth-order valence-corrected chi connectivity index (χ4v) is 2.61. The summed E-state index contributed by atoms with van der Waals surface area (Å²) in [6, 6.07) is 9.65. The number of hydrogen-bond donors (Lipinski definition) is 1.